The van der Waals surface area contributed by atoms with Crippen molar-refractivity contribution < 1.29 is 66.6 Å². The Morgan fingerprint density at radius 2 is 0.164 bits per heavy atom. The number of hydrogen-bond acceptors (Lipinski definition) is 10. The number of hydrogen-bond donors (Lipinski definition) is 0. The fourth-order valence-electron chi connectivity index (χ4n) is 16.7. The van der Waals surface area contributed by atoms with E-state index in [9.17, 15) is 49.5 Å². The van der Waals surface area contributed by atoms with Gasteiger partial charge in [-0.05, 0) is 64.2 Å². The van der Waals surface area contributed by atoms with Gasteiger partial charge in [0.2, 0.25) is 0 Å². The number of carbonyl (C=O) groups excluding carboxylic acids is 5. The summed E-state index contributed by atoms with van der Waals surface area (Å²) in [4.78, 5) is 51.4. The Labute approximate surface area is 804 Å². The zero-order valence-electron chi connectivity index (χ0n) is 83.4. The van der Waals surface area contributed by atoms with Gasteiger partial charge in [0.25, 0.3) is 0 Å². The molecule has 0 amide bonds. The molecule has 1 radical (unpaired) electrons. The zero-order valence-corrected chi connectivity index (χ0v) is 86.7. The van der Waals surface area contributed by atoms with E-state index in [1.165, 1.54) is 546 Å². The summed E-state index contributed by atoms with van der Waals surface area (Å²) < 4.78 is 0. The molecule has 0 aliphatic heterocycles. The van der Waals surface area contributed by atoms with E-state index < -0.39 is 29.8 Å². The Morgan fingerprint density at radius 1 is 0.115 bits per heavy atom. The van der Waals surface area contributed by atoms with Gasteiger partial charge in [-0.2, -0.15) is 0 Å². The summed E-state index contributed by atoms with van der Waals surface area (Å²) >= 11 is 0. The molecule has 122 heavy (non-hydrogen) atoms. The summed E-state index contributed by atoms with van der Waals surface area (Å²) in [7, 11) is 0. The van der Waals surface area contributed by atoms with Crippen LogP contribution in [-0.4, -0.2) is 67.6 Å². The third-order valence-electron chi connectivity index (χ3n) is 24.9. The van der Waals surface area contributed by atoms with Crippen LogP contribution >= 0.6 is 0 Å². The van der Waals surface area contributed by atoms with Crippen molar-refractivity contribution in [2.45, 2.75) is 677 Å². The van der Waals surface area contributed by atoms with Crippen molar-refractivity contribution >= 4 is 67.6 Å². The Hall–Kier alpha value is -0.871. The van der Waals surface area contributed by atoms with E-state index in [1.54, 1.807) is 0 Å². The molecule has 0 fully saturated rings. The topological polar surface area (TPSA) is 201 Å². The summed E-state index contributed by atoms with van der Waals surface area (Å²) in [5.74, 6) is -4.50. The van der Waals surface area contributed by atoms with Crippen molar-refractivity contribution in [3.05, 3.63) is 0 Å². The van der Waals surface area contributed by atoms with Crippen molar-refractivity contribution in [1.82, 2.24) is 0 Å². The van der Waals surface area contributed by atoms with Crippen LogP contribution in [0.3, 0.4) is 0 Å². The van der Waals surface area contributed by atoms with Crippen LogP contribution in [0.25, 0.3) is 0 Å². The van der Waals surface area contributed by atoms with E-state index in [0.717, 1.165) is 64.2 Å². The number of rotatable bonds is 100. The first-order valence-electron chi connectivity index (χ1n) is 54.8. The maximum absolute atomic E-state index is 10.3. The summed E-state index contributed by atoms with van der Waals surface area (Å²) in [6.07, 6.45) is 129. The third-order valence-corrected chi connectivity index (χ3v) is 24.9. The van der Waals surface area contributed by atoms with Gasteiger partial charge in [-0.3, -0.25) is 0 Å². The molecule has 0 aliphatic rings. The predicted molar refractivity (Wildman–Crippen MR) is 521 cm³/mol. The van der Waals surface area contributed by atoms with Gasteiger partial charge in [0.15, 0.2) is 0 Å². The fourth-order valence-corrected chi connectivity index (χ4v) is 16.7. The smallest absolute Gasteiger partial charge is 0.550 e. The minimum absolute atomic E-state index is 0. The maximum Gasteiger partial charge on any atom is 3.00 e. The monoisotopic (exact) mass is 1790 g/mol. The Morgan fingerprint density at radius 3 is 0.213 bits per heavy atom. The molecule has 0 rings (SSSR count). The van der Waals surface area contributed by atoms with E-state index in [1.807, 2.05) is 0 Å². The predicted octanol–water partition coefficient (Wildman–Crippen LogP) is 32.4. The summed E-state index contributed by atoms with van der Waals surface area (Å²) in [5, 5.41) is 51.4. The molecule has 0 unspecified atom stereocenters. The molecule has 0 bridgehead atoms. The molecule has 0 N–H and O–H groups in total. The van der Waals surface area contributed by atoms with Crippen LogP contribution in [-0.2, 0) is 41.0 Å². The summed E-state index contributed by atoms with van der Waals surface area (Å²) in [5.41, 5.74) is 0. The first-order valence-corrected chi connectivity index (χ1v) is 54.8. The molecular formula is C110H215CaFeO10. The quantitative estimate of drug-likeness (QED) is 0.0417. The van der Waals surface area contributed by atoms with Crippen molar-refractivity contribution in [1.29, 1.82) is 0 Å². The minimum atomic E-state index is -0.901. The van der Waals surface area contributed by atoms with Crippen LogP contribution in [0.15, 0.2) is 0 Å². The molecule has 0 aromatic heterocycles. The van der Waals surface area contributed by atoms with Gasteiger partial charge >= 0.3 is 54.8 Å². The van der Waals surface area contributed by atoms with Gasteiger partial charge in [0.05, 0.1) is 0 Å². The van der Waals surface area contributed by atoms with E-state index >= 15 is 0 Å². The van der Waals surface area contributed by atoms with Gasteiger partial charge in [-0.15, -0.1) is 0 Å². The van der Waals surface area contributed by atoms with Crippen molar-refractivity contribution in [3.63, 3.8) is 0 Å². The fraction of sp³-hybridized carbons (Fsp3) is 0.955. The SMILES string of the molecule is CCCCCCCCCCCCCCCCCCCCCC(=O)[O-].CCCCCCCCCCCCCCCCCCCCCC(=O)[O-].CCCCCCCCCCCCCCCCCCCCCC(=O)[O-].CCCCCCCCCCCCCCCCCCCCCC(=O)[O-].CCCCCCCCCCCCCCCCCCCCCC(=O)[O-].[Ca+2].[Fe+3]. The molecule has 0 aliphatic carbocycles. The Bertz CT molecular complexity index is 1570. The van der Waals surface area contributed by atoms with Crippen LogP contribution in [0.1, 0.15) is 677 Å². The average Bonchev–Trinajstić information content (AvgIpc) is 1.16. The van der Waals surface area contributed by atoms with E-state index in [0.29, 0.717) is 0 Å². The van der Waals surface area contributed by atoms with Crippen LogP contribution < -0.4 is 25.5 Å². The number of carboxylic acid groups (broad SMARTS) is 5. The van der Waals surface area contributed by atoms with Crippen LogP contribution in [0.4, 0.5) is 0 Å². The number of carbonyl (C=O) groups is 5. The molecule has 0 atom stereocenters. The van der Waals surface area contributed by atoms with Crippen molar-refractivity contribution in [2.24, 2.45) is 0 Å². The second-order valence-electron chi connectivity index (χ2n) is 37.4. The molecule has 0 saturated carbocycles. The molecule has 0 spiro atoms. The zero-order chi connectivity index (χ0) is 88.6. The molecule has 725 valence electrons. The molecule has 0 saturated heterocycles. The maximum atomic E-state index is 10.3. The molecular weight excluding hydrogens is 1580 g/mol. The second kappa shape index (κ2) is 131. The molecule has 10 nitrogen and oxygen atoms in total. The van der Waals surface area contributed by atoms with E-state index in [2.05, 4.69) is 34.6 Å². The first-order chi connectivity index (χ1) is 58.9. The molecule has 0 aromatic carbocycles. The van der Waals surface area contributed by atoms with E-state index in [-0.39, 0.29) is 86.9 Å². The average molecular weight is 1790 g/mol. The number of carboxylic acids is 5. The van der Waals surface area contributed by atoms with Gasteiger partial charge in [-0.1, -0.05) is 612 Å². The van der Waals surface area contributed by atoms with Gasteiger partial charge in [-0.25, -0.2) is 0 Å². The van der Waals surface area contributed by atoms with Gasteiger partial charge < -0.3 is 49.5 Å². The standard InChI is InChI=1S/5C22H44O2.Ca.Fe/c5*1-2-3-4-5-6-7-8-9-10-11-12-13-14-15-16-17-18-19-20-21-22(23)24;;/h5*2-21H2,1H3,(H,23,24);;/q;;;;;+2;+3/p-5. The van der Waals surface area contributed by atoms with E-state index in [4.69, 9.17) is 0 Å². The normalized spacial score (nSPS) is 10.9. The second-order valence-corrected chi connectivity index (χ2v) is 37.4. The Balaban J connectivity index is -0.000000270. The van der Waals surface area contributed by atoms with Crippen molar-refractivity contribution in [2.75, 3.05) is 0 Å². The van der Waals surface area contributed by atoms with Crippen LogP contribution in [0.2, 0.25) is 0 Å². The van der Waals surface area contributed by atoms with Crippen molar-refractivity contribution in [3.8, 4) is 0 Å². The van der Waals surface area contributed by atoms with Gasteiger partial charge in [0.1, 0.15) is 0 Å². The first kappa shape index (κ1) is 134. The molecule has 0 aromatic rings. The van der Waals surface area contributed by atoms with Crippen LogP contribution in [0, 0.1) is 0 Å². The molecule has 12 heteroatoms. The summed E-state index contributed by atoms with van der Waals surface area (Å²) in [6, 6.07) is 0. The number of aliphatic carboxylic acids is 5. The summed E-state index contributed by atoms with van der Waals surface area (Å²) in [6.45, 7) is 11.4. The van der Waals surface area contributed by atoms with Crippen LogP contribution in [0.5, 0.6) is 0 Å². The van der Waals surface area contributed by atoms with Gasteiger partial charge in [0, 0.05) is 29.8 Å². The third kappa shape index (κ3) is 153. The molecule has 0 heterocycles. The Kier molecular flexibility index (Phi) is 144. The minimum Gasteiger partial charge on any atom is -0.550 e. The number of unbranched alkanes of at least 4 members (excludes halogenated alkanes) is 90. The largest absolute Gasteiger partial charge is 3.00 e.